The molecule has 34 heavy (non-hydrogen) atoms. The number of nitrogens with zero attached hydrogens (tertiary/aromatic N) is 3. The van der Waals surface area contributed by atoms with Crippen LogP contribution in [-0.4, -0.2) is 53.1 Å². The average molecular weight is 480 g/mol. The predicted octanol–water partition coefficient (Wildman–Crippen LogP) is 3.98. The van der Waals surface area contributed by atoms with E-state index in [1.165, 1.54) is 37.0 Å². The van der Waals surface area contributed by atoms with Gasteiger partial charge in [0.05, 0.1) is 0 Å². The van der Waals surface area contributed by atoms with E-state index in [1.54, 1.807) is 24.3 Å². The lowest BCUT2D eigenvalue weighted by Crippen LogP contribution is -2.35. The molecule has 3 aromatic rings. The summed E-state index contributed by atoms with van der Waals surface area (Å²) >= 11 is 1.17. The van der Waals surface area contributed by atoms with E-state index in [-0.39, 0.29) is 23.4 Å². The SMILES string of the molecule is O=C(NCCN1CCCCCC1)c1cccc(NC(=O)c2nnc(COc3ccccc3)s2)c1. The molecule has 8 nitrogen and oxygen atoms in total. The van der Waals surface area contributed by atoms with Crippen molar-refractivity contribution in [3.63, 3.8) is 0 Å². The number of benzene rings is 2. The number of carbonyl (C=O) groups excluding carboxylic acids is 2. The van der Waals surface area contributed by atoms with Gasteiger partial charge in [0.2, 0.25) is 5.01 Å². The Morgan fingerprint density at radius 3 is 2.53 bits per heavy atom. The quantitative estimate of drug-likeness (QED) is 0.482. The maximum Gasteiger partial charge on any atom is 0.286 e. The van der Waals surface area contributed by atoms with Gasteiger partial charge in [0.25, 0.3) is 11.8 Å². The first kappa shape index (κ1) is 23.8. The van der Waals surface area contributed by atoms with E-state index in [0.717, 1.165) is 25.4 Å². The standard InChI is InChI=1S/C25H29N5O3S/c31-23(26-13-16-30-14-6-1-2-7-15-30)19-9-8-10-20(17-19)27-24(32)25-29-28-22(34-25)18-33-21-11-4-3-5-12-21/h3-5,8-12,17H,1-2,6-7,13-16,18H2,(H,26,31)(H,27,32). The molecule has 0 spiro atoms. The van der Waals surface area contributed by atoms with E-state index >= 15 is 0 Å². The van der Waals surface area contributed by atoms with Crippen LogP contribution in [0.25, 0.3) is 0 Å². The Kier molecular flexibility index (Phi) is 8.59. The highest BCUT2D eigenvalue weighted by Crippen LogP contribution is 2.17. The van der Waals surface area contributed by atoms with Gasteiger partial charge in [-0.25, -0.2) is 0 Å². The zero-order valence-corrected chi connectivity index (χ0v) is 19.9. The molecule has 1 aromatic heterocycles. The van der Waals surface area contributed by atoms with Crippen molar-refractivity contribution in [1.82, 2.24) is 20.4 Å². The smallest absolute Gasteiger partial charge is 0.286 e. The van der Waals surface area contributed by atoms with Gasteiger partial charge in [-0.3, -0.25) is 9.59 Å². The van der Waals surface area contributed by atoms with Gasteiger partial charge in [-0.1, -0.05) is 48.4 Å². The van der Waals surface area contributed by atoms with E-state index < -0.39 is 0 Å². The number of aromatic nitrogens is 2. The topological polar surface area (TPSA) is 96.5 Å². The maximum atomic E-state index is 12.6. The minimum atomic E-state index is -0.373. The van der Waals surface area contributed by atoms with Gasteiger partial charge in [0.15, 0.2) is 5.01 Å². The molecule has 4 rings (SSSR count). The summed E-state index contributed by atoms with van der Waals surface area (Å²) in [6.07, 6.45) is 5.04. The Balaban J connectivity index is 1.26. The van der Waals surface area contributed by atoms with Crippen molar-refractivity contribution in [3.8, 4) is 5.75 Å². The van der Waals surface area contributed by atoms with Crippen LogP contribution >= 0.6 is 11.3 Å². The highest BCUT2D eigenvalue weighted by atomic mass is 32.1. The van der Waals surface area contributed by atoms with Crippen molar-refractivity contribution in [2.75, 3.05) is 31.5 Å². The van der Waals surface area contributed by atoms with Crippen molar-refractivity contribution >= 4 is 28.8 Å². The van der Waals surface area contributed by atoms with Crippen LogP contribution in [0.3, 0.4) is 0 Å². The lowest BCUT2D eigenvalue weighted by molar-refractivity contribution is 0.0947. The fourth-order valence-corrected chi connectivity index (χ4v) is 4.43. The van der Waals surface area contributed by atoms with Crippen LogP contribution in [0.2, 0.25) is 0 Å². The monoisotopic (exact) mass is 479 g/mol. The molecule has 1 saturated heterocycles. The van der Waals surface area contributed by atoms with E-state index in [1.807, 2.05) is 30.3 Å². The summed E-state index contributed by atoms with van der Waals surface area (Å²) in [5.41, 5.74) is 1.03. The van der Waals surface area contributed by atoms with Crippen LogP contribution in [0, 0.1) is 0 Å². The van der Waals surface area contributed by atoms with Gasteiger partial charge in [-0.05, 0) is 56.3 Å². The number of ether oxygens (including phenoxy) is 1. The third-order valence-electron chi connectivity index (χ3n) is 5.56. The van der Waals surface area contributed by atoms with Crippen molar-refractivity contribution in [2.24, 2.45) is 0 Å². The van der Waals surface area contributed by atoms with Gasteiger partial charge >= 0.3 is 0 Å². The van der Waals surface area contributed by atoms with Crippen LogP contribution < -0.4 is 15.4 Å². The zero-order valence-electron chi connectivity index (χ0n) is 19.0. The van der Waals surface area contributed by atoms with Gasteiger partial charge in [0, 0.05) is 24.3 Å². The molecule has 9 heteroatoms. The number of hydrogen-bond donors (Lipinski definition) is 2. The second-order valence-corrected chi connectivity index (χ2v) is 9.21. The van der Waals surface area contributed by atoms with E-state index in [0.29, 0.717) is 22.8 Å². The molecule has 1 aliphatic rings. The van der Waals surface area contributed by atoms with Gasteiger partial charge in [-0.2, -0.15) is 0 Å². The molecule has 0 unspecified atom stereocenters. The first-order valence-corrected chi connectivity index (χ1v) is 12.4. The van der Waals surface area contributed by atoms with Crippen molar-refractivity contribution in [2.45, 2.75) is 32.3 Å². The molecule has 1 aliphatic heterocycles. The molecule has 0 bridgehead atoms. The predicted molar refractivity (Wildman–Crippen MR) is 132 cm³/mol. The van der Waals surface area contributed by atoms with E-state index in [2.05, 4.69) is 25.7 Å². The van der Waals surface area contributed by atoms with Crippen molar-refractivity contribution in [1.29, 1.82) is 0 Å². The minimum absolute atomic E-state index is 0.151. The molecule has 0 saturated carbocycles. The molecule has 2 N–H and O–H groups in total. The zero-order chi connectivity index (χ0) is 23.6. The Morgan fingerprint density at radius 2 is 1.74 bits per heavy atom. The Bertz CT molecular complexity index is 1080. The highest BCUT2D eigenvalue weighted by molar-refractivity contribution is 7.13. The molecular formula is C25H29N5O3S. The molecular weight excluding hydrogens is 450 g/mol. The van der Waals surface area contributed by atoms with Gasteiger partial charge < -0.3 is 20.3 Å². The fraction of sp³-hybridized carbons (Fsp3) is 0.360. The summed E-state index contributed by atoms with van der Waals surface area (Å²) in [5, 5.41) is 14.6. The van der Waals surface area contributed by atoms with Gasteiger partial charge in [0.1, 0.15) is 12.4 Å². The third kappa shape index (κ3) is 7.10. The Hall–Kier alpha value is -3.30. The first-order valence-electron chi connectivity index (χ1n) is 11.6. The van der Waals surface area contributed by atoms with Crippen LogP contribution in [0.4, 0.5) is 5.69 Å². The third-order valence-corrected chi connectivity index (χ3v) is 6.46. The molecule has 1 fully saturated rings. The van der Waals surface area contributed by atoms with E-state index in [4.69, 9.17) is 4.74 Å². The second-order valence-electron chi connectivity index (χ2n) is 8.15. The highest BCUT2D eigenvalue weighted by Gasteiger charge is 2.15. The molecule has 2 amide bonds. The van der Waals surface area contributed by atoms with Crippen molar-refractivity contribution in [3.05, 3.63) is 70.2 Å². The molecule has 2 heterocycles. The molecule has 178 valence electrons. The Labute approximate surface area is 203 Å². The van der Waals surface area contributed by atoms with Crippen LogP contribution in [0.5, 0.6) is 5.75 Å². The molecule has 0 aliphatic carbocycles. The summed E-state index contributed by atoms with van der Waals surface area (Å²) in [4.78, 5) is 27.6. The number of hydrogen-bond acceptors (Lipinski definition) is 7. The number of anilines is 1. The average Bonchev–Trinajstić information content (AvgIpc) is 3.19. The first-order chi connectivity index (χ1) is 16.7. The number of likely N-dealkylation sites (tertiary alicyclic amines) is 1. The number of nitrogens with one attached hydrogen (secondary N) is 2. The normalized spacial score (nSPS) is 14.2. The lowest BCUT2D eigenvalue weighted by atomic mass is 10.2. The number of amides is 2. The number of carbonyl (C=O) groups is 2. The van der Waals surface area contributed by atoms with Crippen LogP contribution in [0.15, 0.2) is 54.6 Å². The summed E-state index contributed by atoms with van der Waals surface area (Å²) in [6, 6.07) is 16.3. The summed E-state index contributed by atoms with van der Waals surface area (Å²) < 4.78 is 5.65. The van der Waals surface area contributed by atoms with Crippen LogP contribution in [0.1, 0.15) is 50.9 Å². The fourth-order valence-electron chi connectivity index (χ4n) is 3.78. The Morgan fingerprint density at radius 1 is 0.941 bits per heavy atom. The molecule has 0 atom stereocenters. The number of rotatable bonds is 9. The van der Waals surface area contributed by atoms with Crippen LogP contribution in [-0.2, 0) is 6.61 Å². The lowest BCUT2D eigenvalue weighted by Gasteiger charge is -2.19. The summed E-state index contributed by atoms with van der Waals surface area (Å²) in [7, 11) is 0. The summed E-state index contributed by atoms with van der Waals surface area (Å²) in [5.74, 6) is 0.203. The second kappa shape index (κ2) is 12.2. The molecule has 2 aromatic carbocycles. The van der Waals surface area contributed by atoms with Crippen molar-refractivity contribution < 1.29 is 14.3 Å². The minimum Gasteiger partial charge on any atom is -0.486 e. The maximum absolute atomic E-state index is 12.6. The van der Waals surface area contributed by atoms with Gasteiger partial charge in [-0.15, -0.1) is 10.2 Å². The largest absolute Gasteiger partial charge is 0.486 e. The molecule has 0 radical (unpaired) electrons. The number of para-hydroxylation sites is 1. The van der Waals surface area contributed by atoms with E-state index in [9.17, 15) is 9.59 Å². The summed E-state index contributed by atoms with van der Waals surface area (Å²) in [6.45, 7) is 3.90.